The van der Waals surface area contributed by atoms with Crippen molar-refractivity contribution in [2.24, 2.45) is 0 Å². The second kappa shape index (κ2) is 5.50. The number of hydrogen-bond acceptors (Lipinski definition) is 2. The van der Waals surface area contributed by atoms with Crippen molar-refractivity contribution in [3.63, 3.8) is 0 Å². The van der Waals surface area contributed by atoms with E-state index in [1.807, 2.05) is 13.8 Å². The molecule has 11 heavy (non-hydrogen) atoms. The molecule has 0 spiro atoms. The summed E-state index contributed by atoms with van der Waals surface area (Å²) in [7, 11) is 2.18. The third kappa shape index (κ3) is 3.68. The van der Waals surface area contributed by atoms with E-state index >= 15 is 0 Å². The molecule has 0 N–H and O–H groups in total. The van der Waals surface area contributed by atoms with E-state index < -0.39 is 0 Å². The summed E-state index contributed by atoms with van der Waals surface area (Å²) in [6, 6.07) is 0.162. The zero-order valence-corrected chi connectivity index (χ0v) is 8.49. The molecular weight excluding hydrogens is 161 g/mol. The smallest absolute Gasteiger partial charge is 0.219 e. The summed E-state index contributed by atoms with van der Waals surface area (Å²) < 4.78 is 4.86. The van der Waals surface area contributed by atoms with E-state index in [2.05, 4.69) is 9.47 Å². The van der Waals surface area contributed by atoms with E-state index in [-0.39, 0.29) is 11.9 Å². The van der Waals surface area contributed by atoms with Crippen molar-refractivity contribution >= 4 is 15.4 Å². The zero-order valence-electron chi connectivity index (χ0n) is 7.33. The predicted octanol–water partition coefficient (Wildman–Crippen LogP) is 1.05. The van der Waals surface area contributed by atoms with Gasteiger partial charge in [0.1, 0.15) is 0 Å². The lowest BCUT2D eigenvalue weighted by molar-refractivity contribution is -0.131. The Balaban J connectivity index is 3.91. The van der Waals surface area contributed by atoms with Crippen LogP contribution in [-0.4, -0.2) is 30.0 Å². The number of rotatable bonds is 4. The van der Waals surface area contributed by atoms with Gasteiger partial charge in [0.25, 0.3) is 0 Å². The van der Waals surface area contributed by atoms with E-state index in [1.165, 1.54) is 0 Å². The largest absolute Gasteiger partial charge is 0.364 e. The van der Waals surface area contributed by atoms with Crippen LogP contribution in [0.5, 0.6) is 0 Å². The molecule has 0 aromatic carbocycles. The summed E-state index contributed by atoms with van der Waals surface area (Å²) in [5, 5.41) is 0. The molecule has 0 aromatic rings. The first-order chi connectivity index (χ1) is 5.13. The maximum atomic E-state index is 11.0. The molecule has 0 fully saturated rings. The molecule has 0 aliphatic carbocycles. The molecular formula is C7H16NO2P. The van der Waals surface area contributed by atoms with E-state index in [1.54, 1.807) is 11.8 Å². The fraction of sp³-hybridized carbons (Fsp3) is 0.857. The van der Waals surface area contributed by atoms with Gasteiger partial charge in [-0.3, -0.25) is 4.79 Å². The Morgan fingerprint density at radius 2 is 2.27 bits per heavy atom. The summed E-state index contributed by atoms with van der Waals surface area (Å²) in [5.41, 5.74) is 0. The lowest BCUT2D eigenvalue weighted by Crippen LogP contribution is -2.39. The van der Waals surface area contributed by atoms with Gasteiger partial charge in [-0.25, -0.2) is 0 Å². The summed E-state index contributed by atoms with van der Waals surface area (Å²) in [6.07, 6.45) is 0. The van der Waals surface area contributed by atoms with Crippen LogP contribution < -0.4 is 0 Å². The summed E-state index contributed by atoms with van der Waals surface area (Å²) in [4.78, 5) is 12.7. The molecule has 4 heteroatoms. The van der Waals surface area contributed by atoms with Crippen molar-refractivity contribution in [1.82, 2.24) is 4.90 Å². The topological polar surface area (TPSA) is 29.5 Å². The highest BCUT2D eigenvalue weighted by Crippen LogP contribution is 2.01. The number of carbonyl (C=O) groups excluding carboxylic acids is 1. The van der Waals surface area contributed by atoms with Gasteiger partial charge in [0, 0.05) is 22.9 Å². The predicted molar refractivity (Wildman–Crippen MR) is 48.2 cm³/mol. The zero-order chi connectivity index (χ0) is 8.85. The molecule has 0 bridgehead atoms. The third-order valence-corrected chi connectivity index (χ3v) is 1.81. The maximum Gasteiger partial charge on any atom is 0.219 e. The van der Waals surface area contributed by atoms with Crippen molar-refractivity contribution in [1.29, 1.82) is 0 Å². The van der Waals surface area contributed by atoms with Crippen LogP contribution in [0.4, 0.5) is 0 Å². The summed E-state index contributed by atoms with van der Waals surface area (Å²) in [5.74, 6) is 0.0991. The first-order valence-electron chi connectivity index (χ1n) is 3.72. The third-order valence-electron chi connectivity index (χ3n) is 1.61. The molecule has 2 atom stereocenters. The van der Waals surface area contributed by atoms with Gasteiger partial charge in [0.15, 0.2) is 0 Å². The van der Waals surface area contributed by atoms with E-state index in [0.717, 1.165) is 6.54 Å². The highest BCUT2D eigenvalue weighted by atomic mass is 31.0. The lowest BCUT2D eigenvalue weighted by Gasteiger charge is -2.25. The second-order valence-corrected chi connectivity index (χ2v) is 2.82. The van der Waals surface area contributed by atoms with Crippen molar-refractivity contribution in [3.05, 3.63) is 0 Å². The van der Waals surface area contributed by atoms with Gasteiger partial charge >= 0.3 is 0 Å². The molecule has 0 aliphatic rings. The Morgan fingerprint density at radius 1 is 1.73 bits per heavy atom. The molecule has 0 heterocycles. The molecule has 0 saturated heterocycles. The minimum atomic E-state index is 0.0991. The number of nitrogens with zero attached hydrogens (tertiary/aromatic N) is 1. The highest BCUT2D eigenvalue weighted by molar-refractivity contribution is 7.09. The number of hydrogen-bond donors (Lipinski definition) is 0. The molecule has 3 nitrogen and oxygen atoms in total. The van der Waals surface area contributed by atoms with Crippen LogP contribution in [0.1, 0.15) is 20.8 Å². The average molecular weight is 177 g/mol. The lowest BCUT2D eigenvalue weighted by atomic mass is 10.3. The van der Waals surface area contributed by atoms with Crippen LogP contribution in [0.25, 0.3) is 0 Å². The van der Waals surface area contributed by atoms with Gasteiger partial charge in [-0.15, -0.1) is 0 Å². The number of carbonyl (C=O) groups is 1. The van der Waals surface area contributed by atoms with Crippen LogP contribution in [0.15, 0.2) is 0 Å². The van der Waals surface area contributed by atoms with Crippen LogP contribution >= 0.6 is 9.47 Å². The molecule has 0 saturated carbocycles. The Morgan fingerprint density at radius 3 is 2.55 bits per heavy atom. The maximum absolute atomic E-state index is 11.0. The molecule has 1 amide bonds. The first kappa shape index (κ1) is 10.9. The van der Waals surface area contributed by atoms with Crippen molar-refractivity contribution < 1.29 is 9.32 Å². The fourth-order valence-corrected chi connectivity index (χ4v) is 1.35. The van der Waals surface area contributed by atoms with Gasteiger partial charge < -0.3 is 9.42 Å². The highest BCUT2D eigenvalue weighted by Gasteiger charge is 2.13. The van der Waals surface area contributed by atoms with Crippen LogP contribution in [0.3, 0.4) is 0 Å². The van der Waals surface area contributed by atoms with Gasteiger partial charge in [-0.05, 0) is 13.8 Å². The SMILES string of the molecule is CCN(C(C)=O)C(C)COP. The van der Waals surface area contributed by atoms with Crippen LogP contribution in [-0.2, 0) is 9.32 Å². The second-order valence-electron chi connectivity index (χ2n) is 2.49. The normalized spacial score (nSPS) is 12.7. The minimum Gasteiger partial charge on any atom is -0.364 e. The molecule has 0 radical (unpaired) electrons. The standard InChI is InChI=1S/C7H16NO2P/c1-4-8(7(3)9)6(2)5-10-11/h6H,4-5,11H2,1-3H3. The monoisotopic (exact) mass is 177 g/mol. The molecule has 0 aromatic heterocycles. The minimum absolute atomic E-state index is 0.0991. The Labute approximate surface area is 70.4 Å². The number of amides is 1. The van der Waals surface area contributed by atoms with Crippen molar-refractivity contribution in [2.45, 2.75) is 26.8 Å². The Kier molecular flexibility index (Phi) is 5.43. The van der Waals surface area contributed by atoms with Gasteiger partial charge in [0.2, 0.25) is 5.91 Å². The average Bonchev–Trinajstić information content (AvgIpc) is 1.88. The summed E-state index contributed by atoms with van der Waals surface area (Å²) in [6.45, 7) is 6.81. The quantitative estimate of drug-likeness (QED) is 0.601. The summed E-state index contributed by atoms with van der Waals surface area (Å²) >= 11 is 0. The fourth-order valence-electron chi connectivity index (χ4n) is 1.07. The van der Waals surface area contributed by atoms with Gasteiger partial charge in [-0.1, -0.05) is 0 Å². The number of likely N-dealkylation sites (N-methyl/N-ethyl adjacent to an activating group) is 1. The molecule has 0 rings (SSSR count). The van der Waals surface area contributed by atoms with Gasteiger partial charge in [-0.2, -0.15) is 0 Å². The van der Waals surface area contributed by atoms with Crippen LogP contribution in [0, 0.1) is 0 Å². The molecule has 2 unspecified atom stereocenters. The van der Waals surface area contributed by atoms with E-state index in [4.69, 9.17) is 4.52 Å². The van der Waals surface area contributed by atoms with E-state index in [0.29, 0.717) is 6.61 Å². The molecule has 66 valence electrons. The Hall–Kier alpha value is -0.140. The first-order valence-corrected chi connectivity index (χ1v) is 4.19. The van der Waals surface area contributed by atoms with Crippen molar-refractivity contribution in [3.8, 4) is 0 Å². The van der Waals surface area contributed by atoms with Gasteiger partial charge in [0.05, 0.1) is 12.6 Å². The van der Waals surface area contributed by atoms with E-state index in [9.17, 15) is 4.79 Å². The Bertz CT molecular complexity index is 130. The van der Waals surface area contributed by atoms with Crippen molar-refractivity contribution in [2.75, 3.05) is 13.2 Å². The van der Waals surface area contributed by atoms with Crippen LogP contribution in [0.2, 0.25) is 0 Å². The molecule has 0 aliphatic heterocycles.